The van der Waals surface area contributed by atoms with Crippen molar-refractivity contribution >= 4 is 0 Å². The van der Waals surface area contributed by atoms with Crippen LogP contribution in [0.2, 0.25) is 0 Å². The molecule has 0 bridgehead atoms. The van der Waals surface area contributed by atoms with Crippen molar-refractivity contribution in [2.75, 3.05) is 13.2 Å². The smallest absolute Gasteiger partial charge is 0.123 e. The van der Waals surface area contributed by atoms with E-state index in [0.29, 0.717) is 12.6 Å². The molecule has 0 saturated heterocycles. The summed E-state index contributed by atoms with van der Waals surface area (Å²) in [5, 5.41) is 3.48. The molecule has 1 atom stereocenters. The second-order valence-corrected chi connectivity index (χ2v) is 5.05. The Bertz CT molecular complexity index is 570. The predicted molar refractivity (Wildman–Crippen MR) is 77.4 cm³/mol. The number of hydrogen-bond acceptors (Lipinski definition) is 2. The van der Waals surface area contributed by atoms with Crippen LogP contribution in [-0.2, 0) is 6.42 Å². The molecule has 2 aromatic rings. The van der Waals surface area contributed by atoms with Crippen LogP contribution >= 0.6 is 0 Å². The van der Waals surface area contributed by atoms with Gasteiger partial charge in [-0.25, -0.2) is 4.39 Å². The number of para-hydroxylation sites is 1. The third-order valence-corrected chi connectivity index (χ3v) is 3.69. The Labute approximate surface area is 118 Å². The van der Waals surface area contributed by atoms with Gasteiger partial charge in [0.2, 0.25) is 0 Å². The zero-order chi connectivity index (χ0) is 13.8. The Kier molecular flexibility index (Phi) is 3.97. The molecule has 2 nitrogen and oxygen atoms in total. The second-order valence-electron chi connectivity index (χ2n) is 5.05. The summed E-state index contributed by atoms with van der Waals surface area (Å²) in [6.45, 7) is 1.42. The molecule has 1 aliphatic carbocycles. The van der Waals surface area contributed by atoms with Gasteiger partial charge in [-0.05, 0) is 48.2 Å². The van der Waals surface area contributed by atoms with Crippen molar-refractivity contribution in [2.45, 2.75) is 18.9 Å². The number of rotatable bonds is 5. The first kappa shape index (κ1) is 13.1. The Morgan fingerprint density at radius 2 is 2.00 bits per heavy atom. The number of fused-ring (bicyclic) bond motifs is 1. The van der Waals surface area contributed by atoms with Gasteiger partial charge < -0.3 is 10.1 Å². The van der Waals surface area contributed by atoms with E-state index in [1.807, 2.05) is 36.4 Å². The van der Waals surface area contributed by atoms with E-state index in [1.54, 1.807) is 12.1 Å². The van der Waals surface area contributed by atoms with Gasteiger partial charge in [-0.2, -0.15) is 0 Å². The van der Waals surface area contributed by atoms with Crippen LogP contribution in [0.1, 0.15) is 23.6 Å². The first-order valence-corrected chi connectivity index (χ1v) is 7.02. The Morgan fingerprint density at radius 1 is 1.15 bits per heavy atom. The van der Waals surface area contributed by atoms with Gasteiger partial charge in [0.25, 0.3) is 0 Å². The number of benzene rings is 2. The summed E-state index contributed by atoms with van der Waals surface area (Å²) >= 11 is 0. The highest BCUT2D eigenvalue weighted by Gasteiger charge is 2.21. The number of ether oxygens (including phenoxy) is 1. The number of halogens is 1. The van der Waals surface area contributed by atoms with Crippen molar-refractivity contribution in [3.8, 4) is 5.75 Å². The summed E-state index contributed by atoms with van der Waals surface area (Å²) < 4.78 is 18.8. The van der Waals surface area contributed by atoms with Gasteiger partial charge in [-0.3, -0.25) is 0 Å². The van der Waals surface area contributed by atoms with Gasteiger partial charge in [-0.15, -0.1) is 0 Å². The average Bonchev–Trinajstić information content (AvgIpc) is 2.87. The van der Waals surface area contributed by atoms with Crippen LogP contribution in [0.5, 0.6) is 5.75 Å². The molecule has 20 heavy (non-hydrogen) atoms. The quantitative estimate of drug-likeness (QED) is 0.841. The molecule has 0 spiro atoms. The Hall–Kier alpha value is -1.87. The van der Waals surface area contributed by atoms with E-state index in [0.717, 1.165) is 30.7 Å². The van der Waals surface area contributed by atoms with E-state index in [9.17, 15) is 4.39 Å². The summed E-state index contributed by atoms with van der Waals surface area (Å²) in [6, 6.07) is 15.2. The lowest BCUT2D eigenvalue weighted by molar-refractivity contribution is 0.305. The van der Waals surface area contributed by atoms with Gasteiger partial charge in [0, 0.05) is 12.6 Å². The topological polar surface area (TPSA) is 21.3 Å². The average molecular weight is 271 g/mol. The summed E-state index contributed by atoms with van der Waals surface area (Å²) in [5.41, 5.74) is 2.36. The van der Waals surface area contributed by atoms with E-state index < -0.39 is 0 Å². The normalized spacial score (nSPS) is 16.9. The minimum absolute atomic E-state index is 0.142. The van der Waals surface area contributed by atoms with Gasteiger partial charge in [0.05, 0.1) is 0 Å². The van der Waals surface area contributed by atoms with Gasteiger partial charge >= 0.3 is 0 Å². The van der Waals surface area contributed by atoms with Crippen molar-refractivity contribution in [3.63, 3.8) is 0 Å². The molecule has 0 radical (unpaired) electrons. The highest BCUT2D eigenvalue weighted by Crippen LogP contribution is 2.31. The lowest BCUT2D eigenvalue weighted by Crippen LogP contribution is -2.24. The lowest BCUT2D eigenvalue weighted by atomic mass is 10.1. The third-order valence-electron chi connectivity index (χ3n) is 3.69. The van der Waals surface area contributed by atoms with Crippen LogP contribution in [0.25, 0.3) is 0 Å². The maximum atomic E-state index is 13.1. The first-order valence-electron chi connectivity index (χ1n) is 7.02. The van der Waals surface area contributed by atoms with Gasteiger partial charge in [-0.1, -0.05) is 24.3 Å². The summed E-state index contributed by atoms with van der Waals surface area (Å²) in [4.78, 5) is 0. The highest BCUT2D eigenvalue weighted by molar-refractivity contribution is 5.34. The molecule has 0 aliphatic heterocycles. The molecule has 0 aromatic heterocycles. The molecule has 0 fully saturated rings. The van der Waals surface area contributed by atoms with Crippen LogP contribution < -0.4 is 10.1 Å². The van der Waals surface area contributed by atoms with Crippen LogP contribution in [0.3, 0.4) is 0 Å². The SMILES string of the molecule is Fc1ccc2c(c1)CCC2NCCOc1ccccc1. The molecule has 0 saturated carbocycles. The second kappa shape index (κ2) is 6.06. The van der Waals surface area contributed by atoms with Crippen molar-refractivity contribution in [3.05, 3.63) is 65.5 Å². The predicted octanol–water partition coefficient (Wildman–Crippen LogP) is 3.48. The van der Waals surface area contributed by atoms with E-state index in [1.165, 1.54) is 5.56 Å². The standard InChI is InChI=1S/C17H18FNO/c18-14-7-8-16-13(12-14)6-9-17(16)19-10-11-20-15-4-2-1-3-5-15/h1-5,7-8,12,17,19H,6,9-11H2. The lowest BCUT2D eigenvalue weighted by Gasteiger charge is -2.14. The van der Waals surface area contributed by atoms with Crippen LogP contribution in [-0.4, -0.2) is 13.2 Å². The van der Waals surface area contributed by atoms with E-state index in [2.05, 4.69) is 5.32 Å². The highest BCUT2D eigenvalue weighted by atomic mass is 19.1. The van der Waals surface area contributed by atoms with Crippen molar-refractivity contribution in [1.29, 1.82) is 0 Å². The molecular formula is C17H18FNO. The van der Waals surface area contributed by atoms with E-state index in [4.69, 9.17) is 4.74 Å². The summed E-state index contributed by atoms with van der Waals surface area (Å²) in [5.74, 6) is 0.750. The number of hydrogen-bond donors (Lipinski definition) is 1. The zero-order valence-corrected chi connectivity index (χ0v) is 11.3. The largest absolute Gasteiger partial charge is 0.492 e. The van der Waals surface area contributed by atoms with Gasteiger partial charge in [0.1, 0.15) is 18.2 Å². The molecular weight excluding hydrogens is 253 g/mol. The minimum Gasteiger partial charge on any atom is -0.492 e. The van der Waals surface area contributed by atoms with Crippen molar-refractivity contribution in [2.24, 2.45) is 0 Å². The molecule has 2 aromatic carbocycles. The fraction of sp³-hybridized carbons (Fsp3) is 0.294. The maximum Gasteiger partial charge on any atom is 0.123 e. The Morgan fingerprint density at radius 3 is 2.85 bits per heavy atom. The first-order chi connectivity index (χ1) is 9.83. The molecule has 0 heterocycles. The molecule has 104 valence electrons. The fourth-order valence-corrected chi connectivity index (χ4v) is 2.72. The monoisotopic (exact) mass is 271 g/mol. The number of nitrogens with one attached hydrogen (secondary N) is 1. The third kappa shape index (κ3) is 2.99. The van der Waals surface area contributed by atoms with Crippen LogP contribution in [0.15, 0.2) is 48.5 Å². The van der Waals surface area contributed by atoms with Crippen LogP contribution in [0, 0.1) is 5.82 Å². The fourth-order valence-electron chi connectivity index (χ4n) is 2.72. The van der Waals surface area contributed by atoms with Crippen molar-refractivity contribution < 1.29 is 9.13 Å². The summed E-state index contributed by atoms with van der Waals surface area (Å²) in [7, 11) is 0. The summed E-state index contributed by atoms with van der Waals surface area (Å²) in [6.07, 6.45) is 1.98. The van der Waals surface area contributed by atoms with Gasteiger partial charge in [0.15, 0.2) is 0 Å². The molecule has 1 aliphatic rings. The van der Waals surface area contributed by atoms with E-state index in [-0.39, 0.29) is 5.82 Å². The van der Waals surface area contributed by atoms with E-state index >= 15 is 0 Å². The minimum atomic E-state index is -0.142. The molecule has 0 amide bonds. The van der Waals surface area contributed by atoms with Crippen LogP contribution in [0.4, 0.5) is 4.39 Å². The van der Waals surface area contributed by atoms with Crippen molar-refractivity contribution in [1.82, 2.24) is 5.32 Å². The Balaban J connectivity index is 1.49. The maximum absolute atomic E-state index is 13.1. The molecule has 3 heteroatoms. The number of aryl methyl sites for hydroxylation is 1. The molecule has 3 rings (SSSR count). The zero-order valence-electron chi connectivity index (χ0n) is 11.3. The molecule has 1 N–H and O–H groups in total. The molecule has 1 unspecified atom stereocenters.